The van der Waals surface area contributed by atoms with Gasteiger partial charge in [0.15, 0.2) is 6.61 Å². The third-order valence-corrected chi connectivity index (χ3v) is 4.62. The van der Waals surface area contributed by atoms with Crippen LogP contribution in [0.4, 0.5) is 0 Å². The van der Waals surface area contributed by atoms with E-state index in [1.807, 2.05) is 27.7 Å². The monoisotopic (exact) mass is 389 g/mol. The number of ether oxygens (including phenoxy) is 1. The Morgan fingerprint density at radius 3 is 2.37 bits per heavy atom. The molecular formula is C20H24ClN3O3. The lowest BCUT2D eigenvalue weighted by atomic mass is 10.2. The molecule has 27 heavy (non-hydrogen) atoms. The molecule has 0 unspecified atom stereocenters. The molecule has 0 aliphatic carbocycles. The molecule has 7 heteroatoms. The van der Waals surface area contributed by atoms with Gasteiger partial charge in [-0.05, 0) is 52.0 Å². The smallest absolute Gasteiger partial charge is 0.338 e. The molecule has 6 nitrogen and oxygen atoms in total. The van der Waals surface area contributed by atoms with Crippen molar-refractivity contribution in [3.8, 4) is 5.69 Å². The van der Waals surface area contributed by atoms with E-state index in [1.54, 1.807) is 33.8 Å². The number of esters is 1. The van der Waals surface area contributed by atoms with Gasteiger partial charge in [0.1, 0.15) is 0 Å². The first-order valence-electron chi connectivity index (χ1n) is 8.66. The van der Waals surface area contributed by atoms with E-state index in [0.717, 1.165) is 22.6 Å². The summed E-state index contributed by atoms with van der Waals surface area (Å²) in [4.78, 5) is 25.9. The number of hydrogen-bond acceptors (Lipinski definition) is 4. The highest BCUT2D eigenvalue weighted by Gasteiger charge is 2.16. The van der Waals surface area contributed by atoms with Crippen LogP contribution in [0.3, 0.4) is 0 Å². The first kappa shape index (κ1) is 20.7. The number of likely N-dealkylation sites (N-methyl/N-ethyl adjacent to an activating group) is 1. The molecule has 0 spiro atoms. The van der Waals surface area contributed by atoms with Crippen LogP contribution in [0, 0.1) is 13.8 Å². The summed E-state index contributed by atoms with van der Waals surface area (Å²) in [7, 11) is 0. The van der Waals surface area contributed by atoms with Crippen LogP contribution in [0.25, 0.3) is 5.69 Å². The van der Waals surface area contributed by atoms with Gasteiger partial charge >= 0.3 is 5.97 Å². The van der Waals surface area contributed by atoms with Crippen molar-refractivity contribution in [3.63, 3.8) is 0 Å². The van der Waals surface area contributed by atoms with Crippen molar-refractivity contribution in [3.05, 3.63) is 58.4 Å². The maximum absolute atomic E-state index is 12.2. The zero-order valence-corrected chi connectivity index (χ0v) is 16.8. The van der Waals surface area contributed by atoms with Crippen LogP contribution in [0.15, 0.2) is 36.4 Å². The van der Waals surface area contributed by atoms with Crippen LogP contribution in [0.5, 0.6) is 0 Å². The summed E-state index contributed by atoms with van der Waals surface area (Å²) in [5.41, 5.74) is 3.59. The van der Waals surface area contributed by atoms with Gasteiger partial charge in [-0.15, -0.1) is 0 Å². The second kappa shape index (κ2) is 8.86. The van der Waals surface area contributed by atoms with Crippen LogP contribution in [-0.2, 0) is 9.53 Å². The van der Waals surface area contributed by atoms with Crippen molar-refractivity contribution in [2.45, 2.75) is 27.7 Å². The number of benzene rings is 1. The van der Waals surface area contributed by atoms with E-state index < -0.39 is 5.97 Å². The Bertz CT molecular complexity index is 856. The molecule has 1 heterocycles. The predicted molar refractivity (Wildman–Crippen MR) is 105 cm³/mol. The van der Waals surface area contributed by atoms with Gasteiger partial charge in [-0.2, -0.15) is 5.10 Å². The summed E-state index contributed by atoms with van der Waals surface area (Å²) in [5.74, 6) is -0.796. The van der Waals surface area contributed by atoms with Crippen molar-refractivity contribution in [1.82, 2.24) is 14.7 Å². The average molecular weight is 390 g/mol. The molecule has 1 aromatic carbocycles. The van der Waals surface area contributed by atoms with Crippen LogP contribution in [-0.4, -0.2) is 46.3 Å². The molecule has 0 bridgehead atoms. The number of hydrogen-bond donors (Lipinski definition) is 0. The largest absolute Gasteiger partial charge is 0.452 e. The summed E-state index contributed by atoms with van der Waals surface area (Å²) in [6, 6.07) is 6.79. The molecule has 2 aromatic rings. The molecular weight excluding hydrogens is 366 g/mol. The summed E-state index contributed by atoms with van der Waals surface area (Å²) in [6.45, 7) is 11.9. The molecule has 1 aromatic heterocycles. The third kappa shape index (κ3) is 4.98. The van der Waals surface area contributed by atoms with E-state index in [0.29, 0.717) is 23.7 Å². The van der Waals surface area contributed by atoms with Gasteiger partial charge in [-0.3, -0.25) is 4.79 Å². The number of halogens is 1. The Kier molecular flexibility index (Phi) is 6.80. The average Bonchev–Trinajstić information content (AvgIpc) is 2.91. The number of aryl methyl sites for hydroxylation is 1. The lowest BCUT2D eigenvalue weighted by Gasteiger charge is -2.20. The standard InChI is InChI=1S/C20H24ClN3O3/c1-6-23(11-13(2)3)18(25)12-27-20(26)16-7-9-17(10-8-16)24-15(5)19(21)14(4)22-24/h7-10H,2,6,11-12H2,1,3-5H3. The molecule has 2 rings (SSSR count). The number of aromatic nitrogens is 2. The fourth-order valence-corrected chi connectivity index (χ4v) is 2.74. The van der Waals surface area contributed by atoms with Crippen molar-refractivity contribution < 1.29 is 14.3 Å². The zero-order chi connectivity index (χ0) is 20.1. The van der Waals surface area contributed by atoms with Gasteiger partial charge in [-0.25, -0.2) is 9.48 Å². The van der Waals surface area contributed by atoms with E-state index in [2.05, 4.69) is 11.7 Å². The Balaban J connectivity index is 2.02. The Morgan fingerprint density at radius 2 is 1.89 bits per heavy atom. The molecule has 0 saturated heterocycles. The third-order valence-electron chi connectivity index (χ3n) is 4.07. The second-order valence-electron chi connectivity index (χ2n) is 6.38. The fraction of sp³-hybridized carbons (Fsp3) is 0.350. The van der Waals surface area contributed by atoms with Gasteiger partial charge in [-0.1, -0.05) is 23.8 Å². The summed E-state index contributed by atoms with van der Waals surface area (Å²) in [6.07, 6.45) is 0. The summed E-state index contributed by atoms with van der Waals surface area (Å²) >= 11 is 6.17. The van der Waals surface area contributed by atoms with E-state index >= 15 is 0 Å². The van der Waals surface area contributed by atoms with Crippen LogP contribution < -0.4 is 0 Å². The fourth-order valence-electron chi connectivity index (χ4n) is 2.62. The first-order valence-corrected chi connectivity index (χ1v) is 9.03. The normalized spacial score (nSPS) is 10.6. The Hall–Kier alpha value is -2.60. The summed E-state index contributed by atoms with van der Waals surface area (Å²) in [5, 5.41) is 5.00. The lowest BCUT2D eigenvalue weighted by Crippen LogP contribution is -2.35. The van der Waals surface area contributed by atoms with Crippen molar-refractivity contribution in [1.29, 1.82) is 0 Å². The van der Waals surface area contributed by atoms with Gasteiger partial charge in [0, 0.05) is 13.1 Å². The number of carbonyl (C=O) groups is 2. The molecule has 144 valence electrons. The molecule has 0 atom stereocenters. The molecule has 0 saturated carbocycles. The van der Waals surface area contributed by atoms with E-state index in [-0.39, 0.29) is 12.5 Å². The molecule has 0 N–H and O–H groups in total. The van der Waals surface area contributed by atoms with E-state index in [9.17, 15) is 9.59 Å². The Labute approximate surface area is 164 Å². The van der Waals surface area contributed by atoms with E-state index in [4.69, 9.17) is 16.3 Å². The SMILES string of the molecule is C=C(C)CN(CC)C(=O)COC(=O)c1ccc(-n2nc(C)c(Cl)c2C)cc1. The minimum atomic E-state index is -0.548. The first-order chi connectivity index (χ1) is 12.7. The molecule has 0 aliphatic rings. The molecule has 0 fully saturated rings. The van der Waals surface area contributed by atoms with Crippen LogP contribution in [0.2, 0.25) is 5.02 Å². The van der Waals surface area contributed by atoms with Crippen molar-refractivity contribution >= 4 is 23.5 Å². The van der Waals surface area contributed by atoms with Gasteiger partial charge in [0.05, 0.1) is 27.7 Å². The number of nitrogens with zero attached hydrogens (tertiary/aromatic N) is 3. The van der Waals surface area contributed by atoms with Gasteiger partial charge < -0.3 is 9.64 Å². The molecule has 0 radical (unpaired) electrons. The maximum Gasteiger partial charge on any atom is 0.338 e. The lowest BCUT2D eigenvalue weighted by molar-refractivity contribution is -0.133. The quantitative estimate of drug-likeness (QED) is 0.534. The maximum atomic E-state index is 12.2. The minimum Gasteiger partial charge on any atom is -0.452 e. The highest BCUT2D eigenvalue weighted by Crippen LogP contribution is 2.22. The van der Waals surface area contributed by atoms with E-state index in [1.165, 1.54) is 0 Å². The molecule has 1 amide bonds. The van der Waals surface area contributed by atoms with Gasteiger partial charge in [0.2, 0.25) is 0 Å². The Morgan fingerprint density at radius 1 is 1.26 bits per heavy atom. The van der Waals surface area contributed by atoms with Gasteiger partial charge in [0.25, 0.3) is 5.91 Å². The topological polar surface area (TPSA) is 64.4 Å². The minimum absolute atomic E-state index is 0.247. The van der Waals surface area contributed by atoms with Crippen molar-refractivity contribution in [2.24, 2.45) is 0 Å². The van der Waals surface area contributed by atoms with Crippen LogP contribution in [0.1, 0.15) is 35.6 Å². The van der Waals surface area contributed by atoms with Crippen molar-refractivity contribution in [2.75, 3.05) is 19.7 Å². The van der Waals surface area contributed by atoms with Crippen LogP contribution >= 0.6 is 11.6 Å². The number of carbonyl (C=O) groups excluding carboxylic acids is 2. The molecule has 0 aliphatic heterocycles. The highest BCUT2D eigenvalue weighted by atomic mass is 35.5. The number of rotatable bonds is 7. The summed E-state index contributed by atoms with van der Waals surface area (Å²) < 4.78 is 6.86. The number of amides is 1. The second-order valence-corrected chi connectivity index (χ2v) is 6.76. The highest BCUT2D eigenvalue weighted by molar-refractivity contribution is 6.31. The predicted octanol–water partition coefficient (Wildman–Crippen LogP) is 3.72. The zero-order valence-electron chi connectivity index (χ0n) is 16.1.